The molecule has 0 spiro atoms. The lowest BCUT2D eigenvalue weighted by Crippen LogP contribution is -2.46. The molecule has 1 saturated heterocycles. The molecule has 1 fully saturated rings. The number of anilines is 2. The average molecular weight is 568 g/mol. The van der Waals surface area contributed by atoms with Gasteiger partial charge in [-0.15, -0.1) is 0 Å². The summed E-state index contributed by atoms with van der Waals surface area (Å²) >= 11 is 0.754. The molecule has 12 heteroatoms. The molecule has 0 bridgehead atoms. The Morgan fingerprint density at radius 3 is 2.52 bits per heavy atom. The average Bonchev–Trinajstić information content (AvgIpc) is 3.61. The van der Waals surface area contributed by atoms with Gasteiger partial charge in [-0.3, -0.25) is 19.3 Å². The molecule has 2 aromatic carbocycles. The maximum Gasteiger partial charge on any atom is 0.273 e. The van der Waals surface area contributed by atoms with Crippen molar-refractivity contribution in [3.8, 4) is 11.5 Å². The van der Waals surface area contributed by atoms with Crippen LogP contribution < -0.4 is 31.2 Å². The van der Waals surface area contributed by atoms with Gasteiger partial charge in [0.2, 0.25) is 5.91 Å². The van der Waals surface area contributed by atoms with Gasteiger partial charge in [0.05, 0.1) is 26.0 Å². The number of benzene rings is 2. The summed E-state index contributed by atoms with van der Waals surface area (Å²) in [6, 6.07) is 9.47. The predicted octanol–water partition coefficient (Wildman–Crippen LogP) is 3.14. The number of carbonyl (C=O) groups excluding carboxylic acids is 3. The number of nitrogens with one attached hydrogen (secondary N) is 1. The molecule has 11 nitrogen and oxygen atoms in total. The molecule has 3 amide bonds. The summed E-state index contributed by atoms with van der Waals surface area (Å²) in [5.74, 6) is -1.04. The molecule has 212 valence electrons. The Hall–Kier alpha value is -4.16. The largest absolute Gasteiger partial charge is 0.493 e. The molecule has 2 atom stereocenters. The summed E-state index contributed by atoms with van der Waals surface area (Å²) in [4.78, 5) is 41.6. The van der Waals surface area contributed by atoms with E-state index in [9.17, 15) is 14.4 Å². The van der Waals surface area contributed by atoms with E-state index in [0.717, 1.165) is 35.5 Å². The lowest BCUT2D eigenvalue weighted by molar-refractivity contribution is -0.123. The summed E-state index contributed by atoms with van der Waals surface area (Å²) in [6.45, 7) is 4.65. The summed E-state index contributed by atoms with van der Waals surface area (Å²) in [5, 5.41) is 2.97. The van der Waals surface area contributed by atoms with Gasteiger partial charge in [-0.1, -0.05) is 18.2 Å². The SMILES string of the molecule is COc1ccc([C@@H](C(=O)NC[C@H]2CCCO2)N(C(=O)c2snc(C(N)=O)c2N)c2cc(C)ccc2C)cc1OC. The second-order valence-electron chi connectivity index (χ2n) is 9.50. The van der Waals surface area contributed by atoms with Gasteiger partial charge in [0.25, 0.3) is 11.8 Å². The number of rotatable bonds is 10. The third-order valence-electron chi connectivity index (χ3n) is 6.76. The monoisotopic (exact) mass is 567 g/mol. The van der Waals surface area contributed by atoms with E-state index in [-0.39, 0.29) is 28.9 Å². The van der Waals surface area contributed by atoms with Gasteiger partial charge in [-0.2, -0.15) is 4.37 Å². The number of nitrogens with zero attached hydrogens (tertiary/aromatic N) is 2. The van der Waals surface area contributed by atoms with Crippen molar-refractivity contribution in [2.45, 2.75) is 38.8 Å². The number of nitrogens with two attached hydrogens (primary N) is 2. The first kappa shape index (κ1) is 28.8. The molecule has 40 heavy (non-hydrogen) atoms. The Bertz CT molecular complexity index is 1420. The minimum absolute atomic E-state index is 0.00731. The fraction of sp³-hybridized carbons (Fsp3) is 0.357. The molecular weight excluding hydrogens is 534 g/mol. The number of aryl methyl sites for hydroxylation is 2. The van der Waals surface area contributed by atoms with Gasteiger partial charge >= 0.3 is 0 Å². The van der Waals surface area contributed by atoms with E-state index >= 15 is 0 Å². The van der Waals surface area contributed by atoms with Crippen LogP contribution in [-0.4, -0.2) is 55.6 Å². The van der Waals surface area contributed by atoms with Crippen molar-refractivity contribution in [3.63, 3.8) is 0 Å². The summed E-state index contributed by atoms with van der Waals surface area (Å²) in [5.41, 5.74) is 13.8. The molecule has 5 N–H and O–H groups in total. The van der Waals surface area contributed by atoms with E-state index in [1.165, 1.54) is 19.1 Å². The maximum atomic E-state index is 14.3. The van der Waals surface area contributed by atoms with Crippen molar-refractivity contribution in [3.05, 3.63) is 63.7 Å². The topological polar surface area (TPSA) is 159 Å². The number of primary amides is 1. The number of ether oxygens (including phenoxy) is 3. The van der Waals surface area contributed by atoms with E-state index in [0.29, 0.717) is 29.4 Å². The van der Waals surface area contributed by atoms with Crippen LogP contribution in [0.15, 0.2) is 36.4 Å². The lowest BCUT2D eigenvalue weighted by atomic mass is 9.99. The molecular formula is C28H33N5O6S. The normalized spacial score (nSPS) is 15.3. The van der Waals surface area contributed by atoms with Gasteiger partial charge < -0.3 is 31.0 Å². The van der Waals surface area contributed by atoms with Crippen molar-refractivity contribution in [2.24, 2.45) is 5.73 Å². The van der Waals surface area contributed by atoms with Crippen LogP contribution in [0.3, 0.4) is 0 Å². The van der Waals surface area contributed by atoms with Crippen LogP contribution in [-0.2, 0) is 9.53 Å². The van der Waals surface area contributed by atoms with E-state index in [1.54, 1.807) is 18.2 Å². The molecule has 1 aliphatic heterocycles. The van der Waals surface area contributed by atoms with E-state index < -0.39 is 23.8 Å². The second-order valence-corrected chi connectivity index (χ2v) is 10.3. The van der Waals surface area contributed by atoms with E-state index in [4.69, 9.17) is 25.7 Å². The standard InChI is InChI=1S/C28H33N5O6S/c1-15-7-8-16(2)19(12-15)33(28(36)25-22(29)23(26(30)34)32-40-25)24(27(35)31-14-18-6-5-11-39-18)17-9-10-20(37-3)21(13-17)38-4/h7-10,12-13,18,24H,5-6,11,14,29H2,1-4H3,(H2,30,34)(H,31,35)/t18-,24+/m1/s1. The molecule has 1 aliphatic rings. The first-order valence-electron chi connectivity index (χ1n) is 12.7. The van der Waals surface area contributed by atoms with Crippen LogP contribution in [0.1, 0.15) is 55.7 Å². The van der Waals surface area contributed by atoms with Crippen LogP contribution >= 0.6 is 11.5 Å². The van der Waals surface area contributed by atoms with Crippen molar-refractivity contribution in [2.75, 3.05) is 38.0 Å². The number of amides is 3. The highest BCUT2D eigenvalue weighted by molar-refractivity contribution is 7.09. The quantitative estimate of drug-likeness (QED) is 0.337. The Morgan fingerprint density at radius 2 is 1.90 bits per heavy atom. The summed E-state index contributed by atoms with van der Waals surface area (Å²) < 4.78 is 20.6. The van der Waals surface area contributed by atoms with Crippen LogP contribution in [0.2, 0.25) is 0 Å². The van der Waals surface area contributed by atoms with Gasteiger partial charge in [0.1, 0.15) is 10.9 Å². The third-order valence-corrected chi connectivity index (χ3v) is 7.61. The number of hydrogen-bond acceptors (Lipinski definition) is 9. The van der Waals surface area contributed by atoms with Crippen molar-refractivity contribution < 1.29 is 28.6 Å². The predicted molar refractivity (Wildman–Crippen MR) is 152 cm³/mol. The van der Waals surface area contributed by atoms with E-state index in [1.807, 2.05) is 32.0 Å². The van der Waals surface area contributed by atoms with Crippen molar-refractivity contribution in [1.82, 2.24) is 9.69 Å². The minimum Gasteiger partial charge on any atom is -0.493 e. The number of methoxy groups -OCH3 is 2. The number of hydrogen-bond donors (Lipinski definition) is 3. The Morgan fingerprint density at radius 1 is 1.15 bits per heavy atom. The van der Waals surface area contributed by atoms with Crippen LogP contribution in [0.25, 0.3) is 0 Å². The fourth-order valence-electron chi connectivity index (χ4n) is 4.64. The van der Waals surface area contributed by atoms with Gasteiger partial charge in [0, 0.05) is 18.8 Å². The fourth-order valence-corrected chi connectivity index (χ4v) is 5.38. The highest BCUT2D eigenvalue weighted by Crippen LogP contribution is 2.38. The molecule has 1 aromatic heterocycles. The third kappa shape index (κ3) is 5.87. The molecule has 0 aliphatic carbocycles. The summed E-state index contributed by atoms with van der Waals surface area (Å²) in [7, 11) is 3.00. The van der Waals surface area contributed by atoms with Crippen LogP contribution in [0.5, 0.6) is 11.5 Å². The number of nitrogen functional groups attached to an aromatic ring is 1. The maximum absolute atomic E-state index is 14.3. The number of aromatic nitrogens is 1. The number of carbonyl (C=O) groups is 3. The molecule has 4 rings (SSSR count). The van der Waals surface area contributed by atoms with Crippen LogP contribution in [0, 0.1) is 13.8 Å². The molecule has 0 saturated carbocycles. The Kier molecular flexibility index (Phi) is 8.90. The smallest absolute Gasteiger partial charge is 0.273 e. The zero-order valence-electron chi connectivity index (χ0n) is 22.9. The van der Waals surface area contributed by atoms with Crippen LogP contribution in [0.4, 0.5) is 11.4 Å². The van der Waals surface area contributed by atoms with Crippen molar-refractivity contribution in [1.29, 1.82) is 0 Å². The molecule has 3 aromatic rings. The molecule has 0 unspecified atom stereocenters. The second kappa shape index (κ2) is 12.3. The first-order chi connectivity index (χ1) is 19.2. The lowest BCUT2D eigenvalue weighted by Gasteiger charge is -2.33. The van der Waals surface area contributed by atoms with Gasteiger partial charge in [0.15, 0.2) is 17.2 Å². The van der Waals surface area contributed by atoms with Crippen molar-refractivity contribution >= 4 is 40.6 Å². The van der Waals surface area contributed by atoms with Gasteiger partial charge in [-0.25, -0.2) is 0 Å². The Labute approximate surface area is 236 Å². The minimum atomic E-state index is -1.16. The highest BCUT2D eigenvalue weighted by atomic mass is 32.1. The Balaban J connectivity index is 1.90. The zero-order valence-corrected chi connectivity index (χ0v) is 23.7. The highest BCUT2D eigenvalue weighted by Gasteiger charge is 2.37. The van der Waals surface area contributed by atoms with Gasteiger partial charge in [-0.05, 0) is 73.1 Å². The zero-order chi connectivity index (χ0) is 29.0. The first-order valence-corrected chi connectivity index (χ1v) is 13.5. The van der Waals surface area contributed by atoms with E-state index in [2.05, 4.69) is 9.69 Å². The molecule has 2 heterocycles. The summed E-state index contributed by atoms with van der Waals surface area (Å²) in [6.07, 6.45) is 1.63. The molecule has 0 radical (unpaired) electrons.